The number of thioether (sulfide) groups is 2. The van der Waals surface area contributed by atoms with E-state index in [-0.39, 0.29) is 69.2 Å². The van der Waals surface area contributed by atoms with E-state index < -0.39 is 211 Å². The van der Waals surface area contributed by atoms with Gasteiger partial charge in [0.15, 0.2) is 27.3 Å². The number of nitrogens with zero attached hydrogens (tertiary/aromatic N) is 10. The minimum absolute atomic E-state index is 0.0420. The van der Waals surface area contributed by atoms with Crippen molar-refractivity contribution in [1.29, 1.82) is 5.26 Å². The fraction of sp³-hybridized carbons (Fsp3) is 0.493. The molecule has 0 saturated carbocycles. The van der Waals surface area contributed by atoms with Gasteiger partial charge in [-0.05, 0) is 73.7 Å². The fourth-order valence-corrected chi connectivity index (χ4v) is 25.4. The van der Waals surface area contributed by atoms with Crippen LogP contribution < -0.4 is 22.9 Å². The average molecular weight is 2240 g/mol. The molecule has 12 rings (SSSR count). The maximum atomic E-state index is 13.6. The zero-order chi connectivity index (χ0) is 106. The third-order valence-electron chi connectivity index (χ3n) is 19.7. The summed E-state index contributed by atoms with van der Waals surface area (Å²) in [6.45, 7) is 8.27. The molecule has 0 aliphatic carbocycles. The van der Waals surface area contributed by atoms with E-state index in [1.54, 1.807) is 84.0 Å². The molecule has 4 aliphatic heterocycles. The molecule has 8 aromatic heterocycles. The number of nitrogens with two attached hydrogens (primary N) is 4. The van der Waals surface area contributed by atoms with Crippen LogP contribution in [0.4, 0.5) is 22.9 Å². The summed E-state index contributed by atoms with van der Waals surface area (Å²) in [6.07, 6.45) is -3.05. The van der Waals surface area contributed by atoms with Gasteiger partial charge in [-0.15, -0.1) is 12.8 Å². The van der Waals surface area contributed by atoms with Crippen LogP contribution in [0.1, 0.15) is 71.2 Å². The standard InChI is InChI=1S/C28H40N3O9PS2.2C13H17N4O13P3.C13H20N3O13P3/c1-8-28(21-10-9-19-18(29)11-12-30-31(19)21)23(33)22(32)20(40-28)17-39-41(36,37-13-15-42-24(34)26(2,3)4)38-14-16-43-25(35)27(5,6)7;1-2-13(9-4-3-7-12(14)15-6-16-17(7)9)11(19)10(18)8(28-13)5-27-32(23,24)30-33(25,26)29-31(20,21)22;14-6-13(10-2-1-8-7(15)3-4-16-17(8)10)12(19)11(18)9(28-13)5-27-32(23,24)30-33(25,26)29-31(20,21)22;1-13(10-3-2-8-7(14)4-5-15-16(8)10)12(18)11(17)9(27-13)6-26-31(22,23)29-32(24,25)28-30(19,20)21/h1,9-12,20,22-23,32-33H,13-17,29H2,2-7H3;1,3-4,6,8,10-11,18-19H,5H2,(H,23,24)(H,25,26)(H2,14,15,16)(H2,20,21,22);1-4,9,11-12,18-19H,5,15H2,(H,23,24)(H,25,26)(H2,20,21,22);2-5,9,11-12,17-18H,6,14H2,1H3,(H,22,23)(H,24,25)(H2,19,20,21)/t20-,22-,23-,28+;8-,10-,11-,13+;2*9-,11-,12-,13+/m1111/s1. The summed E-state index contributed by atoms with van der Waals surface area (Å²) in [5, 5.41) is 111. The number of terminal acetylenes is 2. The number of aromatic nitrogens is 9. The van der Waals surface area contributed by atoms with Crippen molar-refractivity contribution in [3.8, 4) is 30.8 Å². The number of hydrogen-bond acceptors (Lipinski definition) is 48. The summed E-state index contributed by atoms with van der Waals surface area (Å²) in [5.74, 6) is 5.07. The highest BCUT2D eigenvalue weighted by Gasteiger charge is 2.62. The first-order chi connectivity index (χ1) is 64.7. The van der Waals surface area contributed by atoms with Gasteiger partial charge in [0.2, 0.25) is 5.60 Å². The minimum atomic E-state index is -5.76. The lowest BCUT2D eigenvalue weighted by Crippen LogP contribution is -2.41. The molecule has 74 heteroatoms. The number of carbonyl (C=O) groups excluding carboxylic acids is 2. The molecule has 4 saturated heterocycles. The number of carbonyl (C=O) groups is 2. The molecular weight excluding hydrogens is 2140 g/mol. The van der Waals surface area contributed by atoms with Crippen molar-refractivity contribution in [2.24, 2.45) is 10.8 Å². The van der Waals surface area contributed by atoms with Crippen molar-refractivity contribution < 1.29 is 227 Å². The van der Waals surface area contributed by atoms with Gasteiger partial charge in [-0.1, -0.05) is 76.9 Å². The minimum Gasteiger partial charge on any atom is -0.397 e. The number of rotatable bonds is 36. The average Bonchev–Trinajstić information content (AvgIpc) is 1.62. The lowest BCUT2D eigenvalue weighted by atomic mass is 9.92. The Balaban J connectivity index is 0.000000211. The van der Waals surface area contributed by atoms with Crippen molar-refractivity contribution >= 4 is 157 Å². The summed E-state index contributed by atoms with van der Waals surface area (Å²) in [4.78, 5) is 136. The van der Waals surface area contributed by atoms with E-state index in [2.05, 4.69) is 76.7 Å². The predicted molar refractivity (Wildman–Crippen MR) is 478 cm³/mol. The Morgan fingerprint density at radius 2 is 0.702 bits per heavy atom. The Morgan fingerprint density at radius 3 is 1.04 bits per heavy atom. The molecule has 782 valence electrons. The van der Waals surface area contributed by atoms with E-state index in [1.807, 2.05) is 0 Å². The van der Waals surface area contributed by atoms with Gasteiger partial charge in [0.05, 0.1) is 96.0 Å². The highest BCUT2D eigenvalue weighted by molar-refractivity contribution is 8.14. The molecule has 62 nitrogen and oxygen atoms in total. The van der Waals surface area contributed by atoms with Gasteiger partial charge < -0.3 is 141 Å². The molecule has 22 atom stereocenters. The summed E-state index contributed by atoms with van der Waals surface area (Å²) in [7, 11) is -54.6. The van der Waals surface area contributed by atoms with Crippen molar-refractivity contribution in [3.63, 3.8) is 0 Å². The van der Waals surface area contributed by atoms with E-state index >= 15 is 0 Å². The van der Waals surface area contributed by atoms with Gasteiger partial charge in [-0.25, -0.2) is 68.7 Å². The van der Waals surface area contributed by atoms with E-state index in [4.69, 9.17) is 107 Å². The van der Waals surface area contributed by atoms with Crippen LogP contribution in [0, 0.1) is 46.8 Å². The Kier molecular flexibility index (Phi) is 37.5. The SMILES string of the molecule is C#C[C@@]1(c2ccc3c(N)ccnn23)O[C@H](COP(=O)(OCCSC(=O)C(C)(C)C)OCCSC(=O)C(C)(C)C)[C@@H](O)[C@H]1O.C#C[C@@]1(c2ccc3c(N)ncnn23)O[C@H](COP(=O)(O)OP(=O)(O)OP(=O)(O)O)[C@@H](O)[C@H]1O.C[C@@]1(c2ccc3c(N)ccnn23)O[C@H](COP(=O)(O)OP(=O)(O)OP(=O)(O)O)[C@@H](O)[C@H]1O.N#C[C@@]1(c2ccc3c(N)ccnn23)O[C@H](COP(=O)(O)OP(=O)(O)OP(=O)(O)O)[C@@H](O)[C@H]1O. The maximum Gasteiger partial charge on any atom is 0.490 e. The molecule has 0 spiro atoms. The molecule has 141 heavy (non-hydrogen) atoms. The van der Waals surface area contributed by atoms with E-state index in [1.165, 1.54) is 73.9 Å². The first-order valence-electron chi connectivity index (χ1n) is 39.2. The third-order valence-corrected chi connectivity index (χ3v) is 35.1. The van der Waals surface area contributed by atoms with E-state index in [0.29, 0.717) is 33.4 Å². The van der Waals surface area contributed by atoms with Gasteiger partial charge in [0.25, 0.3) is 0 Å². The summed E-state index contributed by atoms with van der Waals surface area (Å²) >= 11 is 2.05. The Hall–Kier alpha value is -6.60. The van der Waals surface area contributed by atoms with Crippen molar-refractivity contribution in [3.05, 3.63) is 114 Å². The summed E-state index contributed by atoms with van der Waals surface area (Å²) < 4.78 is 195. The normalized spacial score (nSPS) is 27.7. The highest BCUT2D eigenvalue weighted by atomic mass is 32.2. The second-order valence-electron chi connectivity index (χ2n) is 32.0. The lowest BCUT2D eigenvalue weighted by Gasteiger charge is -2.27. The number of anilines is 4. The zero-order valence-electron chi connectivity index (χ0n) is 73.3. The van der Waals surface area contributed by atoms with Crippen LogP contribution in [0.5, 0.6) is 0 Å². The van der Waals surface area contributed by atoms with Crippen LogP contribution in [-0.4, -0.2) is 278 Å². The maximum absolute atomic E-state index is 13.6. The third kappa shape index (κ3) is 28.9. The fourth-order valence-electron chi connectivity index (χ4n) is 13.3. The number of hydrogen-bond donors (Lipinski definition) is 24. The molecule has 0 amide bonds. The first-order valence-corrected chi connectivity index (χ1v) is 56.2. The van der Waals surface area contributed by atoms with Crippen LogP contribution in [0.2, 0.25) is 0 Å². The number of phosphoric acid groups is 10. The van der Waals surface area contributed by atoms with Crippen LogP contribution in [0.3, 0.4) is 0 Å². The molecule has 0 radical (unpaired) electrons. The quantitative estimate of drug-likeness (QED) is 0.0148. The Bertz CT molecular complexity index is 6350. The van der Waals surface area contributed by atoms with Crippen LogP contribution in [0.25, 0.3) is 22.1 Å². The smallest absolute Gasteiger partial charge is 0.397 e. The second kappa shape index (κ2) is 44.8. The lowest BCUT2D eigenvalue weighted by molar-refractivity contribution is -0.118. The van der Waals surface area contributed by atoms with Crippen LogP contribution in [0.15, 0.2) is 91.6 Å². The number of ether oxygens (including phenoxy) is 4. The zero-order valence-corrected chi connectivity index (χ0v) is 83.9. The molecule has 6 unspecified atom stereocenters. The molecular formula is C67H94N14O48P10S2. The number of fused-ring (bicyclic) bond motifs is 4. The van der Waals surface area contributed by atoms with Crippen molar-refractivity contribution in [2.75, 3.05) is 74.1 Å². The van der Waals surface area contributed by atoms with E-state index in [9.17, 15) is 121 Å². The number of nitrogen functional groups attached to an aromatic ring is 4. The van der Waals surface area contributed by atoms with Gasteiger partial charge in [0.1, 0.15) is 96.8 Å². The summed E-state index contributed by atoms with van der Waals surface area (Å²) in [6, 6.07) is 18.4. The largest absolute Gasteiger partial charge is 0.490 e. The predicted octanol–water partition coefficient (Wildman–Crippen LogP) is 0.934. The van der Waals surface area contributed by atoms with Crippen LogP contribution in [-0.2, 0) is 150 Å². The molecule has 0 bridgehead atoms. The van der Waals surface area contributed by atoms with Crippen molar-refractivity contribution in [2.45, 2.75) is 144 Å². The number of aliphatic hydroxyl groups is 8. The second-order valence-corrected chi connectivity index (χ2v) is 49.1. The Morgan fingerprint density at radius 1 is 0.411 bits per heavy atom. The molecule has 4 aliphatic rings. The van der Waals surface area contributed by atoms with Gasteiger partial charge in [0, 0.05) is 40.9 Å². The van der Waals surface area contributed by atoms with Gasteiger partial charge in [-0.2, -0.15) is 51.5 Å². The van der Waals surface area contributed by atoms with Crippen LogP contribution >= 0.6 is 102 Å². The van der Waals surface area contributed by atoms with Gasteiger partial charge in [-0.3, -0.25) is 36.7 Å². The molecule has 8 aromatic rings. The molecule has 12 heterocycles. The monoisotopic (exact) mass is 2240 g/mol. The molecule has 4 fully saturated rings. The topological polar surface area (TPSA) is 967 Å². The van der Waals surface area contributed by atoms with Crippen molar-refractivity contribution in [1.82, 2.24) is 43.4 Å². The highest BCUT2D eigenvalue weighted by Crippen LogP contribution is 2.69. The molecule has 28 N–H and O–H groups in total. The Labute approximate surface area is 802 Å². The first kappa shape index (κ1) is 118. The van der Waals surface area contributed by atoms with E-state index in [0.717, 1.165) is 29.9 Å². The number of phosphoric ester groups is 4. The van der Waals surface area contributed by atoms with Gasteiger partial charge >= 0.3 is 78.2 Å². The number of nitriles is 1. The summed E-state index contributed by atoms with van der Waals surface area (Å²) in [5.41, 5.74) is 17.9. The number of aliphatic hydroxyl groups excluding tert-OH is 8. The molecule has 0 aromatic carbocycles.